The van der Waals surface area contributed by atoms with Gasteiger partial charge in [0.1, 0.15) is 5.75 Å². The summed E-state index contributed by atoms with van der Waals surface area (Å²) in [4.78, 5) is 0.263. The van der Waals surface area contributed by atoms with Crippen LogP contribution in [0.3, 0.4) is 0 Å². The SMILES string of the molecule is COc1ccc(S(=O)(=O)N2CCCC2c2cc(C(C)C)no2)cc1. The van der Waals surface area contributed by atoms with Crippen molar-refractivity contribution in [2.75, 3.05) is 13.7 Å². The fraction of sp³-hybridized carbons (Fsp3) is 0.471. The summed E-state index contributed by atoms with van der Waals surface area (Å²) in [6.45, 7) is 4.54. The highest BCUT2D eigenvalue weighted by atomic mass is 32.2. The van der Waals surface area contributed by atoms with Crippen LogP contribution in [0.1, 0.15) is 50.1 Å². The number of hydrogen-bond donors (Lipinski definition) is 0. The van der Waals surface area contributed by atoms with Crippen molar-refractivity contribution >= 4 is 10.0 Å². The predicted octanol–water partition coefficient (Wildman–Crippen LogP) is 3.33. The molecule has 6 nitrogen and oxygen atoms in total. The van der Waals surface area contributed by atoms with Crippen LogP contribution in [0.5, 0.6) is 5.75 Å². The van der Waals surface area contributed by atoms with Crippen LogP contribution in [0.2, 0.25) is 0 Å². The number of hydrogen-bond acceptors (Lipinski definition) is 5. The Labute approximate surface area is 142 Å². The number of ether oxygens (including phenoxy) is 1. The maximum atomic E-state index is 13.0. The van der Waals surface area contributed by atoms with E-state index >= 15 is 0 Å². The van der Waals surface area contributed by atoms with Gasteiger partial charge in [-0.05, 0) is 43.0 Å². The average Bonchev–Trinajstić information content (AvgIpc) is 3.23. The number of rotatable bonds is 5. The van der Waals surface area contributed by atoms with E-state index in [0.717, 1.165) is 18.5 Å². The van der Waals surface area contributed by atoms with Gasteiger partial charge in [0, 0.05) is 12.6 Å². The average molecular weight is 350 g/mol. The second-order valence-corrected chi connectivity index (χ2v) is 8.15. The number of aromatic nitrogens is 1. The van der Waals surface area contributed by atoms with Crippen LogP contribution in [-0.2, 0) is 10.0 Å². The predicted molar refractivity (Wildman–Crippen MR) is 89.5 cm³/mol. The maximum Gasteiger partial charge on any atom is 0.243 e. The van der Waals surface area contributed by atoms with Crippen molar-refractivity contribution in [2.45, 2.75) is 43.5 Å². The Morgan fingerprint density at radius 1 is 1.29 bits per heavy atom. The van der Waals surface area contributed by atoms with Crippen molar-refractivity contribution in [1.29, 1.82) is 0 Å². The summed E-state index contributed by atoms with van der Waals surface area (Å²) in [6, 6.07) is 8.04. The first kappa shape index (κ1) is 17.0. The van der Waals surface area contributed by atoms with E-state index in [2.05, 4.69) is 5.16 Å². The van der Waals surface area contributed by atoms with Crippen molar-refractivity contribution in [1.82, 2.24) is 9.46 Å². The van der Waals surface area contributed by atoms with Crippen molar-refractivity contribution in [2.24, 2.45) is 0 Å². The Morgan fingerprint density at radius 2 is 2.00 bits per heavy atom. The lowest BCUT2D eigenvalue weighted by Crippen LogP contribution is -2.30. The molecule has 0 bridgehead atoms. The van der Waals surface area contributed by atoms with Gasteiger partial charge in [-0.3, -0.25) is 0 Å². The maximum absolute atomic E-state index is 13.0. The summed E-state index contributed by atoms with van der Waals surface area (Å²) < 4.78 is 38.0. The fourth-order valence-electron chi connectivity index (χ4n) is 2.93. The molecule has 24 heavy (non-hydrogen) atoms. The second-order valence-electron chi connectivity index (χ2n) is 6.26. The van der Waals surface area contributed by atoms with Crippen LogP contribution < -0.4 is 4.74 Å². The molecule has 1 aliphatic heterocycles. The summed E-state index contributed by atoms with van der Waals surface area (Å²) >= 11 is 0. The molecule has 0 aliphatic carbocycles. The molecule has 2 aromatic rings. The Morgan fingerprint density at radius 3 is 2.58 bits per heavy atom. The molecule has 3 rings (SSSR count). The first-order valence-corrected chi connectivity index (χ1v) is 9.50. The van der Waals surface area contributed by atoms with Gasteiger partial charge >= 0.3 is 0 Å². The lowest BCUT2D eigenvalue weighted by atomic mass is 10.1. The van der Waals surface area contributed by atoms with E-state index in [9.17, 15) is 8.42 Å². The molecule has 0 radical (unpaired) electrons. The number of methoxy groups -OCH3 is 1. The number of nitrogens with zero attached hydrogens (tertiary/aromatic N) is 2. The number of benzene rings is 1. The van der Waals surface area contributed by atoms with Gasteiger partial charge in [0.15, 0.2) is 5.76 Å². The fourth-order valence-corrected chi connectivity index (χ4v) is 4.59. The lowest BCUT2D eigenvalue weighted by molar-refractivity contribution is 0.295. The van der Waals surface area contributed by atoms with Gasteiger partial charge in [-0.15, -0.1) is 0 Å². The molecule has 0 amide bonds. The van der Waals surface area contributed by atoms with Gasteiger partial charge in [-0.25, -0.2) is 8.42 Å². The Kier molecular flexibility index (Phi) is 4.64. The molecule has 1 aliphatic rings. The third-order valence-electron chi connectivity index (χ3n) is 4.34. The summed E-state index contributed by atoms with van der Waals surface area (Å²) in [5.74, 6) is 1.49. The molecule has 1 unspecified atom stereocenters. The molecule has 0 saturated carbocycles. The zero-order chi connectivity index (χ0) is 17.3. The lowest BCUT2D eigenvalue weighted by Gasteiger charge is -2.22. The van der Waals surface area contributed by atoms with Gasteiger partial charge in [0.2, 0.25) is 10.0 Å². The van der Waals surface area contributed by atoms with Crippen LogP contribution in [-0.4, -0.2) is 31.5 Å². The molecule has 1 aromatic heterocycles. The largest absolute Gasteiger partial charge is 0.497 e. The minimum Gasteiger partial charge on any atom is -0.497 e. The molecule has 7 heteroatoms. The van der Waals surface area contributed by atoms with Crippen molar-refractivity contribution in [3.05, 3.63) is 41.8 Å². The summed E-state index contributed by atoms with van der Waals surface area (Å²) in [6.07, 6.45) is 1.54. The molecule has 130 valence electrons. The minimum absolute atomic E-state index is 0.246. The molecular formula is C17H22N2O4S. The molecule has 0 N–H and O–H groups in total. The van der Waals surface area contributed by atoms with Gasteiger partial charge in [-0.1, -0.05) is 19.0 Å². The third-order valence-corrected chi connectivity index (χ3v) is 6.26. The monoisotopic (exact) mass is 350 g/mol. The van der Waals surface area contributed by atoms with Crippen LogP contribution >= 0.6 is 0 Å². The molecule has 1 fully saturated rings. The first-order valence-electron chi connectivity index (χ1n) is 8.06. The zero-order valence-corrected chi connectivity index (χ0v) is 14.9. The van der Waals surface area contributed by atoms with E-state index in [-0.39, 0.29) is 16.9 Å². The molecule has 1 atom stereocenters. The molecule has 0 spiro atoms. The molecule has 1 aromatic carbocycles. The normalized spacial score (nSPS) is 19.1. The van der Waals surface area contributed by atoms with Gasteiger partial charge in [-0.2, -0.15) is 4.31 Å². The van der Waals surface area contributed by atoms with Gasteiger partial charge in [0.25, 0.3) is 0 Å². The molecular weight excluding hydrogens is 328 g/mol. The molecule has 1 saturated heterocycles. The van der Waals surface area contributed by atoms with Crippen molar-refractivity contribution in [3.63, 3.8) is 0 Å². The summed E-state index contributed by atoms with van der Waals surface area (Å²) in [7, 11) is -2.03. The van der Waals surface area contributed by atoms with Gasteiger partial charge in [0.05, 0.1) is 23.7 Å². The summed E-state index contributed by atoms with van der Waals surface area (Å²) in [5.41, 5.74) is 0.846. The van der Waals surface area contributed by atoms with E-state index in [4.69, 9.17) is 9.26 Å². The zero-order valence-electron chi connectivity index (χ0n) is 14.1. The second kappa shape index (κ2) is 6.57. The van der Waals surface area contributed by atoms with Crippen molar-refractivity contribution < 1.29 is 17.7 Å². The Hall–Kier alpha value is -1.86. The highest BCUT2D eigenvalue weighted by Gasteiger charge is 2.38. The standard InChI is InChI=1S/C17H22N2O4S/c1-12(2)15-11-17(23-18-15)16-5-4-10-19(16)24(20,21)14-8-6-13(22-3)7-9-14/h6-9,11-12,16H,4-5,10H2,1-3H3. The van der Waals surface area contributed by atoms with E-state index in [1.807, 2.05) is 19.9 Å². The quantitative estimate of drug-likeness (QED) is 0.827. The Bertz CT molecular complexity index is 796. The van der Waals surface area contributed by atoms with E-state index in [0.29, 0.717) is 18.1 Å². The van der Waals surface area contributed by atoms with Crippen LogP contribution in [0, 0.1) is 0 Å². The van der Waals surface area contributed by atoms with Gasteiger partial charge < -0.3 is 9.26 Å². The highest BCUT2D eigenvalue weighted by Crippen LogP contribution is 2.37. The van der Waals surface area contributed by atoms with E-state index in [1.165, 1.54) is 4.31 Å². The topological polar surface area (TPSA) is 72.6 Å². The van der Waals surface area contributed by atoms with Crippen molar-refractivity contribution in [3.8, 4) is 5.75 Å². The van der Waals surface area contributed by atoms with Crippen LogP contribution in [0.15, 0.2) is 39.8 Å². The smallest absolute Gasteiger partial charge is 0.243 e. The van der Waals surface area contributed by atoms with E-state index < -0.39 is 10.0 Å². The minimum atomic E-state index is -3.58. The summed E-state index contributed by atoms with van der Waals surface area (Å²) in [5, 5.41) is 4.06. The first-order chi connectivity index (χ1) is 11.4. The highest BCUT2D eigenvalue weighted by molar-refractivity contribution is 7.89. The molecule has 2 heterocycles. The number of sulfonamides is 1. The van der Waals surface area contributed by atoms with Crippen LogP contribution in [0.4, 0.5) is 0 Å². The van der Waals surface area contributed by atoms with Crippen LogP contribution in [0.25, 0.3) is 0 Å². The Balaban J connectivity index is 1.90. The van der Waals surface area contributed by atoms with E-state index in [1.54, 1.807) is 31.4 Å². The third kappa shape index (κ3) is 3.06.